The van der Waals surface area contributed by atoms with Gasteiger partial charge in [-0.1, -0.05) is 18.2 Å². The molecule has 2 aliphatic heterocycles. The Morgan fingerprint density at radius 3 is 2.24 bits per heavy atom. The molecule has 8 heteroatoms. The first-order valence-corrected chi connectivity index (χ1v) is 13.0. The quantitative estimate of drug-likeness (QED) is 0.352. The number of methoxy groups -OCH3 is 3. The second-order valence-electron chi connectivity index (χ2n) is 9.60. The lowest BCUT2D eigenvalue weighted by molar-refractivity contribution is -0.157. The summed E-state index contributed by atoms with van der Waals surface area (Å²) in [6.45, 7) is 6.74. The average molecular weight is 524 g/mol. The predicted molar refractivity (Wildman–Crippen MR) is 143 cm³/mol. The summed E-state index contributed by atoms with van der Waals surface area (Å²) >= 11 is 0. The van der Waals surface area contributed by atoms with E-state index in [0.717, 1.165) is 28.9 Å². The molecule has 0 unspecified atom stereocenters. The summed E-state index contributed by atoms with van der Waals surface area (Å²) in [6, 6.07) is 11.6. The SMILES string of the molecule is CCOC(=O)/C=C/[C@@H]1[C@@H](c2ccc(OC)cc2)[C@](C)(C(=O)OCC)N2CCc3cc(OC)c(OC)cc3[C@@H]12. The molecule has 8 nitrogen and oxygen atoms in total. The van der Waals surface area contributed by atoms with E-state index >= 15 is 0 Å². The van der Waals surface area contributed by atoms with Gasteiger partial charge in [-0.3, -0.25) is 9.69 Å². The Labute approximate surface area is 224 Å². The number of carbonyl (C=O) groups excluding carboxylic acids is 2. The molecule has 2 heterocycles. The van der Waals surface area contributed by atoms with E-state index < -0.39 is 11.5 Å². The highest BCUT2D eigenvalue weighted by atomic mass is 16.5. The lowest BCUT2D eigenvalue weighted by Gasteiger charge is -2.42. The van der Waals surface area contributed by atoms with Gasteiger partial charge in [0.15, 0.2) is 11.5 Å². The maximum Gasteiger partial charge on any atom is 0.330 e. The Balaban J connectivity index is 1.94. The van der Waals surface area contributed by atoms with E-state index in [-0.39, 0.29) is 37.1 Å². The number of hydrogen-bond acceptors (Lipinski definition) is 8. The number of esters is 2. The molecule has 4 atom stereocenters. The van der Waals surface area contributed by atoms with Crippen LogP contribution in [0.25, 0.3) is 0 Å². The van der Waals surface area contributed by atoms with Crippen LogP contribution in [0.1, 0.15) is 49.4 Å². The minimum Gasteiger partial charge on any atom is -0.497 e. The monoisotopic (exact) mass is 523 g/mol. The summed E-state index contributed by atoms with van der Waals surface area (Å²) in [5, 5.41) is 0. The summed E-state index contributed by atoms with van der Waals surface area (Å²) in [7, 11) is 4.86. The second kappa shape index (κ2) is 11.5. The number of fused-ring (bicyclic) bond motifs is 3. The van der Waals surface area contributed by atoms with Crippen LogP contribution >= 0.6 is 0 Å². The Morgan fingerprint density at radius 2 is 1.63 bits per heavy atom. The highest BCUT2D eigenvalue weighted by Gasteiger charge is 2.62. The summed E-state index contributed by atoms with van der Waals surface area (Å²) in [5.74, 6) is 0.732. The number of hydrogen-bond donors (Lipinski definition) is 0. The molecule has 38 heavy (non-hydrogen) atoms. The van der Waals surface area contributed by atoms with Crippen LogP contribution in [0.15, 0.2) is 48.6 Å². The van der Waals surface area contributed by atoms with E-state index in [1.807, 2.05) is 56.3 Å². The lowest BCUT2D eigenvalue weighted by Crippen LogP contribution is -2.54. The van der Waals surface area contributed by atoms with Gasteiger partial charge in [-0.25, -0.2) is 4.79 Å². The lowest BCUT2D eigenvalue weighted by atomic mass is 9.74. The molecular formula is C30H37NO7. The minimum atomic E-state index is -0.996. The van der Waals surface area contributed by atoms with Crippen molar-refractivity contribution in [2.45, 2.75) is 44.7 Å². The van der Waals surface area contributed by atoms with Gasteiger partial charge in [-0.2, -0.15) is 0 Å². The molecule has 204 valence electrons. The van der Waals surface area contributed by atoms with Gasteiger partial charge in [0.2, 0.25) is 0 Å². The molecular weight excluding hydrogens is 486 g/mol. The molecule has 2 aliphatic rings. The number of ether oxygens (including phenoxy) is 5. The summed E-state index contributed by atoms with van der Waals surface area (Å²) < 4.78 is 27.5. The van der Waals surface area contributed by atoms with Crippen molar-refractivity contribution in [3.63, 3.8) is 0 Å². The highest BCUT2D eigenvalue weighted by Crippen LogP contribution is 2.59. The molecule has 2 aromatic carbocycles. The summed E-state index contributed by atoms with van der Waals surface area (Å²) in [6.07, 6.45) is 4.10. The van der Waals surface area contributed by atoms with Gasteiger partial charge in [0.05, 0.1) is 34.5 Å². The zero-order valence-corrected chi connectivity index (χ0v) is 23.0. The van der Waals surface area contributed by atoms with Crippen LogP contribution in [-0.4, -0.2) is 63.5 Å². The fourth-order valence-electron chi connectivity index (χ4n) is 6.12. The summed E-state index contributed by atoms with van der Waals surface area (Å²) in [5.41, 5.74) is 2.12. The van der Waals surface area contributed by atoms with Crippen molar-refractivity contribution in [1.29, 1.82) is 0 Å². The largest absolute Gasteiger partial charge is 0.497 e. The van der Waals surface area contributed by atoms with E-state index in [0.29, 0.717) is 18.0 Å². The first-order chi connectivity index (χ1) is 18.3. The average Bonchev–Trinajstić information content (AvgIpc) is 3.20. The topological polar surface area (TPSA) is 83.5 Å². The third kappa shape index (κ3) is 4.73. The van der Waals surface area contributed by atoms with Crippen molar-refractivity contribution in [2.75, 3.05) is 41.1 Å². The Morgan fingerprint density at radius 1 is 0.974 bits per heavy atom. The normalized spacial score (nSPS) is 24.4. The van der Waals surface area contributed by atoms with Crippen molar-refractivity contribution in [3.8, 4) is 17.2 Å². The molecule has 2 aromatic rings. The maximum atomic E-state index is 13.8. The summed E-state index contributed by atoms with van der Waals surface area (Å²) in [4.78, 5) is 28.5. The third-order valence-electron chi connectivity index (χ3n) is 7.78. The molecule has 0 radical (unpaired) electrons. The molecule has 0 aliphatic carbocycles. The van der Waals surface area contributed by atoms with E-state index in [1.54, 1.807) is 28.3 Å². The zero-order valence-electron chi connectivity index (χ0n) is 23.0. The van der Waals surface area contributed by atoms with Crippen LogP contribution in [0.5, 0.6) is 17.2 Å². The predicted octanol–water partition coefficient (Wildman–Crippen LogP) is 4.47. The molecule has 1 fully saturated rings. The van der Waals surface area contributed by atoms with Crippen LogP contribution in [-0.2, 0) is 25.5 Å². The Kier molecular flexibility index (Phi) is 8.31. The zero-order chi connectivity index (χ0) is 27.4. The number of benzene rings is 2. The van der Waals surface area contributed by atoms with Gasteiger partial charge < -0.3 is 23.7 Å². The number of nitrogens with zero attached hydrogens (tertiary/aromatic N) is 1. The van der Waals surface area contributed by atoms with Gasteiger partial charge in [-0.05, 0) is 68.1 Å². The van der Waals surface area contributed by atoms with Gasteiger partial charge in [0, 0.05) is 30.5 Å². The Hall–Kier alpha value is -3.52. The van der Waals surface area contributed by atoms with Crippen molar-refractivity contribution in [2.24, 2.45) is 5.92 Å². The maximum absolute atomic E-state index is 13.8. The van der Waals surface area contributed by atoms with Crippen molar-refractivity contribution >= 4 is 11.9 Å². The first kappa shape index (κ1) is 27.5. The second-order valence-corrected chi connectivity index (χ2v) is 9.60. The molecule has 0 saturated carbocycles. The number of rotatable bonds is 9. The number of carbonyl (C=O) groups is 2. The Bertz CT molecular complexity index is 1190. The van der Waals surface area contributed by atoms with Crippen LogP contribution in [0.2, 0.25) is 0 Å². The van der Waals surface area contributed by atoms with Gasteiger partial charge in [-0.15, -0.1) is 0 Å². The molecule has 0 bridgehead atoms. The first-order valence-electron chi connectivity index (χ1n) is 13.0. The molecule has 4 rings (SSSR count). The minimum absolute atomic E-state index is 0.217. The van der Waals surface area contributed by atoms with Gasteiger partial charge in [0.1, 0.15) is 11.3 Å². The fraction of sp³-hybridized carbons (Fsp3) is 0.467. The van der Waals surface area contributed by atoms with Crippen LogP contribution in [0, 0.1) is 5.92 Å². The fourth-order valence-corrected chi connectivity index (χ4v) is 6.12. The molecule has 1 saturated heterocycles. The van der Waals surface area contributed by atoms with E-state index in [2.05, 4.69) is 4.90 Å². The van der Waals surface area contributed by atoms with E-state index in [4.69, 9.17) is 23.7 Å². The molecule has 0 aromatic heterocycles. The van der Waals surface area contributed by atoms with E-state index in [1.165, 1.54) is 6.08 Å². The van der Waals surface area contributed by atoms with Gasteiger partial charge >= 0.3 is 11.9 Å². The molecule has 0 spiro atoms. The smallest absolute Gasteiger partial charge is 0.330 e. The van der Waals surface area contributed by atoms with Crippen molar-refractivity contribution in [3.05, 3.63) is 65.2 Å². The molecule has 0 N–H and O–H groups in total. The van der Waals surface area contributed by atoms with Crippen molar-refractivity contribution < 1.29 is 33.3 Å². The van der Waals surface area contributed by atoms with Crippen LogP contribution < -0.4 is 14.2 Å². The highest BCUT2D eigenvalue weighted by molar-refractivity contribution is 5.84. The van der Waals surface area contributed by atoms with Crippen LogP contribution in [0.3, 0.4) is 0 Å². The molecule has 0 amide bonds. The van der Waals surface area contributed by atoms with Crippen molar-refractivity contribution in [1.82, 2.24) is 4.90 Å². The van der Waals surface area contributed by atoms with Gasteiger partial charge in [0.25, 0.3) is 0 Å². The van der Waals surface area contributed by atoms with E-state index in [9.17, 15) is 9.59 Å². The van der Waals surface area contributed by atoms with Crippen LogP contribution in [0.4, 0.5) is 0 Å². The standard InChI is InChI=1S/C30H37NO7/c1-7-37-26(32)14-13-22-27(19-9-11-21(34-4)12-10-19)30(3,29(33)38-8-2)31-16-15-20-17-24(35-5)25(36-6)18-23(20)28(22)31/h9-14,17-18,22,27-28H,7-8,15-16H2,1-6H3/b14-13+/t22-,27-,28-,30-/m1/s1. The third-order valence-corrected chi connectivity index (χ3v) is 7.78.